The van der Waals surface area contributed by atoms with E-state index in [9.17, 15) is 18.0 Å². The van der Waals surface area contributed by atoms with Crippen molar-refractivity contribution in [2.75, 3.05) is 31.1 Å². The lowest BCUT2D eigenvalue weighted by atomic mass is 10.1. The molecular formula is C25H26F3N7O. The molecule has 6 heterocycles. The smallest absolute Gasteiger partial charge is 0.362 e. The zero-order valence-corrected chi connectivity index (χ0v) is 19.6. The number of likely N-dealkylation sites (tertiary alicyclic amines) is 1. The second kappa shape index (κ2) is 8.88. The van der Waals surface area contributed by atoms with Gasteiger partial charge >= 0.3 is 6.18 Å². The van der Waals surface area contributed by atoms with Gasteiger partial charge in [-0.3, -0.25) is 14.7 Å². The van der Waals surface area contributed by atoms with Crippen LogP contribution in [0.5, 0.6) is 0 Å². The van der Waals surface area contributed by atoms with E-state index in [1.807, 2.05) is 17.2 Å². The first-order valence-electron chi connectivity index (χ1n) is 12.1. The number of fused-ring (bicyclic) bond motifs is 3. The molecule has 2 unspecified atom stereocenters. The van der Waals surface area contributed by atoms with Crippen molar-refractivity contribution in [2.45, 2.75) is 44.1 Å². The number of pyridine rings is 2. The molecule has 0 N–H and O–H groups in total. The number of hydrogen-bond acceptors (Lipinski definition) is 6. The van der Waals surface area contributed by atoms with E-state index in [0.29, 0.717) is 44.0 Å². The number of carbonyl (C=O) groups is 1. The van der Waals surface area contributed by atoms with Crippen LogP contribution < -0.4 is 4.90 Å². The van der Waals surface area contributed by atoms with Crippen LogP contribution in [0.15, 0.2) is 49.1 Å². The molecule has 6 rings (SSSR count). The molecule has 3 aromatic rings. The van der Waals surface area contributed by atoms with Gasteiger partial charge in [0, 0.05) is 68.8 Å². The molecule has 3 aromatic heterocycles. The Morgan fingerprint density at radius 3 is 2.56 bits per heavy atom. The summed E-state index contributed by atoms with van der Waals surface area (Å²) in [5.74, 6) is 0.410. The molecule has 0 spiro atoms. The van der Waals surface area contributed by atoms with Crippen LogP contribution in [0, 0.1) is 0 Å². The van der Waals surface area contributed by atoms with Gasteiger partial charge in [0.2, 0.25) is 5.91 Å². The Bertz CT molecular complexity index is 1230. The number of hydrogen-bond donors (Lipinski definition) is 0. The Labute approximate surface area is 206 Å². The third kappa shape index (κ3) is 4.32. The minimum Gasteiger partial charge on any atom is -0.362 e. The fourth-order valence-corrected chi connectivity index (χ4v) is 5.67. The van der Waals surface area contributed by atoms with Crippen LogP contribution in [-0.4, -0.2) is 73.7 Å². The molecule has 8 nitrogen and oxygen atoms in total. The second-order valence-electron chi connectivity index (χ2n) is 9.71. The second-order valence-corrected chi connectivity index (χ2v) is 9.71. The zero-order valence-electron chi connectivity index (χ0n) is 19.6. The van der Waals surface area contributed by atoms with E-state index in [2.05, 4.69) is 30.9 Å². The summed E-state index contributed by atoms with van der Waals surface area (Å²) in [6, 6.07) is 7.16. The van der Waals surface area contributed by atoms with Gasteiger partial charge in [0.25, 0.3) is 0 Å². The molecule has 3 aliphatic rings. The van der Waals surface area contributed by atoms with Crippen molar-refractivity contribution in [3.05, 3.63) is 65.9 Å². The molecule has 36 heavy (non-hydrogen) atoms. The highest BCUT2D eigenvalue weighted by molar-refractivity contribution is 5.78. The number of aromatic nitrogens is 4. The molecule has 1 amide bonds. The fraction of sp³-hybridized carbons (Fsp3) is 0.440. The van der Waals surface area contributed by atoms with Crippen molar-refractivity contribution in [3.8, 4) is 5.82 Å². The van der Waals surface area contributed by atoms with Gasteiger partial charge in [0.15, 0.2) is 5.82 Å². The topological polar surface area (TPSA) is 70.4 Å². The first-order valence-corrected chi connectivity index (χ1v) is 12.1. The van der Waals surface area contributed by atoms with Crippen molar-refractivity contribution in [1.29, 1.82) is 0 Å². The van der Waals surface area contributed by atoms with E-state index in [0.717, 1.165) is 55.1 Å². The summed E-state index contributed by atoms with van der Waals surface area (Å²) < 4.78 is 40.0. The third-order valence-corrected chi connectivity index (χ3v) is 7.38. The number of anilines is 1. The Kier molecular flexibility index (Phi) is 5.66. The first kappa shape index (κ1) is 23.0. The van der Waals surface area contributed by atoms with Gasteiger partial charge in [-0.25, -0.2) is 9.67 Å². The highest BCUT2D eigenvalue weighted by Gasteiger charge is 2.41. The number of alkyl halides is 3. The summed E-state index contributed by atoms with van der Waals surface area (Å²) >= 11 is 0. The van der Waals surface area contributed by atoms with Crippen molar-refractivity contribution >= 4 is 11.6 Å². The standard InChI is InChI=1S/C25H26F3N7O/c26-25(27,28)18-3-6-23(30-10-18)34-13-17-12-33(9-7-22(17)31-34)24(36)16-32-14-20-4-5-21(15-32)35(20)19-2-1-8-29-11-19/h1-3,6,8,10-11,13,20-21H,4-5,7,9,12,14-16H2. The quantitative estimate of drug-likeness (QED) is 0.552. The van der Waals surface area contributed by atoms with Crippen LogP contribution in [0.4, 0.5) is 18.9 Å². The minimum atomic E-state index is -4.43. The Hall–Kier alpha value is -3.47. The van der Waals surface area contributed by atoms with Crippen LogP contribution in [0.25, 0.3) is 5.82 Å². The predicted octanol–water partition coefficient (Wildman–Crippen LogP) is 2.92. The molecule has 2 atom stereocenters. The lowest BCUT2D eigenvalue weighted by molar-refractivity contribution is -0.138. The first-order chi connectivity index (χ1) is 17.3. The maximum absolute atomic E-state index is 13.2. The van der Waals surface area contributed by atoms with E-state index >= 15 is 0 Å². The number of piperazine rings is 1. The van der Waals surface area contributed by atoms with E-state index in [1.54, 1.807) is 12.4 Å². The number of halogens is 3. The summed E-state index contributed by atoms with van der Waals surface area (Å²) in [7, 11) is 0. The average Bonchev–Trinajstić information content (AvgIpc) is 3.42. The number of rotatable bonds is 4. The molecule has 188 valence electrons. The zero-order chi connectivity index (χ0) is 24.9. The van der Waals surface area contributed by atoms with Gasteiger partial charge in [-0.2, -0.15) is 18.3 Å². The van der Waals surface area contributed by atoms with Crippen LogP contribution in [-0.2, 0) is 23.9 Å². The van der Waals surface area contributed by atoms with Gasteiger partial charge in [0.1, 0.15) is 0 Å². The van der Waals surface area contributed by atoms with E-state index in [4.69, 9.17) is 0 Å². The number of amides is 1. The highest BCUT2D eigenvalue weighted by atomic mass is 19.4. The summed E-state index contributed by atoms with van der Waals surface area (Å²) in [5, 5.41) is 4.50. The molecule has 0 saturated carbocycles. The van der Waals surface area contributed by atoms with Gasteiger partial charge in [-0.15, -0.1) is 0 Å². The maximum Gasteiger partial charge on any atom is 0.417 e. The molecule has 0 radical (unpaired) electrons. The van der Waals surface area contributed by atoms with Crippen molar-refractivity contribution in [2.24, 2.45) is 0 Å². The lowest BCUT2D eigenvalue weighted by Crippen LogP contribution is -2.56. The monoisotopic (exact) mass is 497 g/mol. The summed E-state index contributed by atoms with van der Waals surface area (Å²) in [6.07, 6.45) is 4.69. The molecule has 3 aliphatic heterocycles. The summed E-state index contributed by atoms with van der Waals surface area (Å²) in [5.41, 5.74) is 2.11. The van der Waals surface area contributed by atoms with E-state index < -0.39 is 11.7 Å². The Morgan fingerprint density at radius 1 is 1.08 bits per heavy atom. The SMILES string of the molecule is O=C(CN1CC2CCC(C1)N2c1cccnc1)N1CCc2nn(-c3ccc(C(F)(F)F)cn3)cc2C1. The fourth-order valence-electron chi connectivity index (χ4n) is 5.67. The van der Waals surface area contributed by atoms with Gasteiger partial charge in [-0.05, 0) is 37.1 Å². The predicted molar refractivity (Wildman–Crippen MR) is 125 cm³/mol. The molecule has 0 aromatic carbocycles. The molecule has 2 bridgehead atoms. The van der Waals surface area contributed by atoms with Gasteiger partial charge in [-0.1, -0.05) is 0 Å². The lowest BCUT2D eigenvalue weighted by Gasteiger charge is -2.42. The molecule has 2 fully saturated rings. The summed E-state index contributed by atoms with van der Waals surface area (Å²) in [6.45, 7) is 3.11. The molecule has 11 heteroatoms. The van der Waals surface area contributed by atoms with Crippen molar-refractivity contribution in [3.63, 3.8) is 0 Å². The molecule has 0 aliphatic carbocycles. The van der Waals surface area contributed by atoms with Crippen LogP contribution in [0.2, 0.25) is 0 Å². The number of nitrogens with zero attached hydrogens (tertiary/aromatic N) is 7. The molecule has 2 saturated heterocycles. The summed E-state index contributed by atoms with van der Waals surface area (Å²) in [4.78, 5) is 28.0. The number of carbonyl (C=O) groups excluding carboxylic acids is 1. The largest absolute Gasteiger partial charge is 0.417 e. The van der Waals surface area contributed by atoms with Gasteiger partial charge in [0.05, 0.1) is 29.7 Å². The van der Waals surface area contributed by atoms with Crippen LogP contribution in [0.3, 0.4) is 0 Å². The van der Waals surface area contributed by atoms with Crippen LogP contribution in [0.1, 0.15) is 29.7 Å². The van der Waals surface area contributed by atoms with Crippen molar-refractivity contribution in [1.82, 2.24) is 29.5 Å². The van der Waals surface area contributed by atoms with Crippen LogP contribution >= 0.6 is 0 Å². The van der Waals surface area contributed by atoms with E-state index in [1.165, 1.54) is 10.7 Å². The maximum atomic E-state index is 13.2. The average molecular weight is 498 g/mol. The third-order valence-electron chi connectivity index (χ3n) is 7.38. The Balaban J connectivity index is 1.09. The van der Waals surface area contributed by atoms with E-state index in [-0.39, 0.29) is 5.91 Å². The highest BCUT2D eigenvalue weighted by Crippen LogP contribution is 2.34. The van der Waals surface area contributed by atoms with Gasteiger partial charge < -0.3 is 9.80 Å². The Morgan fingerprint density at radius 2 is 1.89 bits per heavy atom. The molecular weight excluding hydrogens is 471 g/mol. The normalized spacial score (nSPS) is 22.1. The minimum absolute atomic E-state index is 0.0929. The van der Waals surface area contributed by atoms with Crippen molar-refractivity contribution < 1.29 is 18.0 Å².